The van der Waals surface area contributed by atoms with Gasteiger partial charge in [-0.3, -0.25) is 4.98 Å². The maximum absolute atomic E-state index is 5.68. The third-order valence-corrected chi connectivity index (χ3v) is 3.50. The molecule has 0 atom stereocenters. The summed E-state index contributed by atoms with van der Waals surface area (Å²) >= 11 is 0. The maximum Gasteiger partial charge on any atom is 0.0270 e. The highest BCUT2D eigenvalue weighted by atomic mass is 15.1. The Kier molecular flexibility index (Phi) is 5.71. The van der Waals surface area contributed by atoms with Crippen LogP contribution in [0.15, 0.2) is 48.8 Å². The molecule has 3 nitrogen and oxygen atoms in total. The van der Waals surface area contributed by atoms with E-state index in [9.17, 15) is 0 Å². The summed E-state index contributed by atoms with van der Waals surface area (Å²) in [5.41, 5.74) is 9.76. The van der Waals surface area contributed by atoms with Gasteiger partial charge in [0.1, 0.15) is 0 Å². The Hall–Kier alpha value is -1.71. The lowest BCUT2D eigenvalue weighted by molar-refractivity contribution is 0.330. The highest BCUT2D eigenvalue weighted by Crippen LogP contribution is 2.12. The van der Waals surface area contributed by atoms with Gasteiger partial charge in [-0.2, -0.15) is 0 Å². The minimum Gasteiger partial charge on any atom is -0.330 e. The summed E-state index contributed by atoms with van der Waals surface area (Å²) in [5, 5.41) is 0. The number of hydrogen-bond donors (Lipinski definition) is 1. The van der Waals surface area contributed by atoms with Gasteiger partial charge in [-0.15, -0.1) is 0 Å². The van der Waals surface area contributed by atoms with Crippen LogP contribution in [-0.2, 0) is 19.4 Å². The summed E-state index contributed by atoms with van der Waals surface area (Å²) in [6, 6.07) is 12.7. The van der Waals surface area contributed by atoms with Crippen LogP contribution < -0.4 is 5.73 Å². The SMILES string of the molecule is CN(CCc1ccncc1)Cc1ccccc1CCN. The van der Waals surface area contributed by atoms with Crippen molar-refractivity contribution >= 4 is 0 Å². The molecule has 20 heavy (non-hydrogen) atoms. The van der Waals surface area contributed by atoms with Crippen LogP contribution in [0.1, 0.15) is 16.7 Å². The summed E-state index contributed by atoms with van der Waals surface area (Å²) in [7, 11) is 2.17. The topological polar surface area (TPSA) is 42.2 Å². The molecule has 0 unspecified atom stereocenters. The number of likely N-dealkylation sites (N-methyl/N-ethyl adjacent to an activating group) is 1. The molecule has 0 aliphatic rings. The van der Waals surface area contributed by atoms with E-state index in [1.165, 1.54) is 16.7 Å². The average molecular weight is 269 g/mol. The highest BCUT2D eigenvalue weighted by molar-refractivity contribution is 5.27. The molecule has 0 amide bonds. The van der Waals surface area contributed by atoms with Crippen molar-refractivity contribution in [2.75, 3.05) is 20.1 Å². The zero-order valence-corrected chi connectivity index (χ0v) is 12.1. The van der Waals surface area contributed by atoms with E-state index in [0.717, 1.165) is 25.9 Å². The molecule has 0 bridgehead atoms. The van der Waals surface area contributed by atoms with Crippen molar-refractivity contribution in [2.45, 2.75) is 19.4 Å². The molecule has 1 heterocycles. The Labute approximate surface area is 121 Å². The number of benzene rings is 1. The number of nitrogens with two attached hydrogens (primary N) is 1. The zero-order valence-electron chi connectivity index (χ0n) is 12.1. The van der Waals surface area contributed by atoms with E-state index < -0.39 is 0 Å². The molecule has 2 rings (SSSR count). The molecule has 2 N–H and O–H groups in total. The van der Waals surface area contributed by atoms with Crippen LogP contribution in [0.4, 0.5) is 0 Å². The lowest BCUT2D eigenvalue weighted by Gasteiger charge is -2.18. The normalized spacial score (nSPS) is 10.9. The third-order valence-electron chi connectivity index (χ3n) is 3.50. The van der Waals surface area contributed by atoms with Gasteiger partial charge in [0.25, 0.3) is 0 Å². The molecular weight excluding hydrogens is 246 g/mol. The molecule has 0 saturated heterocycles. The first-order chi connectivity index (χ1) is 9.79. The second-order valence-corrected chi connectivity index (χ2v) is 5.15. The standard InChI is InChI=1S/C17H23N3/c1-20(13-9-15-7-11-19-12-8-15)14-17-5-3-2-4-16(17)6-10-18/h2-5,7-8,11-12H,6,9-10,13-14,18H2,1H3. The second kappa shape index (κ2) is 7.78. The molecule has 0 radical (unpaired) electrons. The van der Waals surface area contributed by atoms with E-state index in [1.54, 1.807) is 0 Å². The number of rotatable bonds is 7. The predicted octanol–water partition coefficient (Wildman–Crippen LogP) is 2.26. The molecule has 0 aliphatic carbocycles. The molecule has 106 valence electrons. The summed E-state index contributed by atoms with van der Waals surface area (Å²) in [6.45, 7) is 2.72. The Morgan fingerprint density at radius 2 is 1.70 bits per heavy atom. The first-order valence-electron chi connectivity index (χ1n) is 7.14. The van der Waals surface area contributed by atoms with Gasteiger partial charge in [-0.1, -0.05) is 24.3 Å². The molecular formula is C17H23N3. The first kappa shape index (κ1) is 14.7. The second-order valence-electron chi connectivity index (χ2n) is 5.15. The van der Waals surface area contributed by atoms with Gasteiger partial charge >= 0.3 is 0 Å². The molecule has 1 aromatic heterocycles. The average Bonchev–Trinajstić information content (AvgIpc) is 2.49. The van der Waals surface area contributed by atoms with Gasteiger partial charge in [0.2, 0.25) is 0 Å². The number of aromatic nitrogens is 1. The molecule has 0 spiro atoms. The molecule has 0 aliphatic heterocycles. The van der Waals surface area contributed by atoms with Gasteiger partial charge in [0, 0.05) is 25.5 Å². The lowest BCUT2D eigenvalue weighted by atomic mass is 10.0. The smallest absolute Gasteiger partial charge is 0.0270 e. The molecule has 3 heteroatoms. The van der Waals surface area contributed by atoms with Crippen LogP contribution in [0.3, 0.4) is 0 Å². The quantitative estimate of drug-likeness (QED) is 0.838. The van der Waals surface area contributed by atoms with E-state index in [0.29, 0.717) is 6.54 Å². The van der Waals surface area contributed by atoms with Gasteiger partial charge < -0.3 is 10.6 Å². The number of pyridine rings is 1. The summed E-state index contributed by atoms with van der Waals surface area (Å²) in [6.07, 6.45) is 5.71. The van der Waals surface area contributed by atoms with Crippen molar-refractivity contribution in [3.8, 4) is 0 Å². The van der Waals surface area contributed by atoms with Crippen LogP contribution in [-0.4, -0.2) is 30.0 Å². The number of nitrogens with zero attached hydrogens (tertiary/aromatic N) is 2. The Bertz CT molecular complexity index is 511. The predicted molar refractivity (Wildman–Crippen MR) is 83.5 cm³/mol. The van der Waals surface area contributed by atoms with Crippen molar-refractivity contribution in [3.63, 3.8) is 0 Å². The van der Waals surface area contributed by atoms with E-state index in [-0.39, 0.29) is 0 Å². The fraction of sp³-hybridized carbons (Fsp3) is 0.353. The highest BCUT2D eigenvalue weighted by Gasteiger charge is 2.05. The van der Waals surface area contributed by atoms with Crippen LogP contribution in [0.5, 0.6) is 0 Å². The van der Waals surface area contributed by atoms with Crippen LogP contribution in [0, 0.1) is 0 Å². The minimum atomic E-state index is 0.706. The monoisotopic (exact) mass is 269 g/mol. The fourth-order valence-corrected chi connectivity index (χ4v) is 2.35. The molecule has 1 aromatic carbocycles. The summed E-state index contributed by atoms with van der Waals surface area (Å²) in [4.78, 5) is 6.40. The van der Waals surface area contributed by atoms with Crippen molar-refractivity contribution in [1.82, 2.24) is 9.88 Å². The zero-order chi connectivity index (χ0) is 14.2. The van der Waals surface area contributed by atoms with E-state index >= 15 is 0 Å². The maximum atomic E-state index is 5.68. The fourth-order valence-electron chi connectivity index (χ4n) is 2.35. The summed E-state index contributed by atoms with van der Waals surface area (Å²) in [5.74, 6) is 0. The van der Waals surface area contributed by atoms with Crippen molar-refractivity contribution in [3.05, 3.63) is 65.5 Å². The van der Waals surface area contributed by atoms with Gasteiger partial charge in [-0.25, -0.2) is 0 Å². The third kappa shape index (κ3) is 4.44. The molecule has 0 saturated carbocycles. The minimum absolute atomic E-state index is 0.706. The largest absolute Gasteiger partial charge is 0.330 e. The molecule has 2 aromatic rings. The van der Waals surface area contributed by atoms with Crippen LogP contribution >= 0.6 is 0 Å². The molecule has 0 fully saturated rings. The van der Waals surface area contributed by atoms with Crippen LogP contribution in [0.2, 0.25) is 0 Å². The van der Waals surface area contributed by atoms with E-state index in [4.69, 9.17) is 5.73 Å². The Morgan fingerprint density at radius 1 is 1.00 bits per heavy atom. The summed E-state index contributed by atoms with van der Waals surface area (Å²) < 4.78 is 0. The van der Waals surface area contributed by atoms with Gasteiger partial charge in [0.15, 0.2) is 0 Å². The van der Waals surface area contributed by atoms with Gasteiger partial charge in [-0.05, 0) is 55.3 Å². The lowest BCUT2D eigenvalue weighted by Crippen LogP contribution is -2.21. The first-order valence-corrected chi connectivity index (χ1v) is 7.14. The number of hydrogen-bond acceptors (Lipinski definition) is 3. The Balaban J connectivity index is 1.89. The van der Waals surface area contributed by atoms with Crippen LogP contribution in [0.25, 0.3) is 0 Å². The van der Waals surface area contributed by atoms with E-state index in [2.05, 4.69) is 53.3 Å². The Morgan fingerprint density at radius 3 is 2.40 bits per heavy atom. The van der Waals surface area contributed by atoms with Crippen molar-refractivity contribution in [2.24, 2.45) is 5.73 Å². The van der Waals surface area contributed by atoms with Gasteiger partial charge in [0.05, 0.1) is 0 Å². The van der Waals surface area contributed by atoms with E-state index in [1.807, 2.05) is 12.4 Å². The van der Waals surface area contributed by atoms with Crippen molar-refractivity contribution < 1.29 is 0 Å². The van der Waals surface area contributed by atoms with Crippen molar-refractivity contribution in [1.29, 1.82) is 0 Å².